The van der Waals surface area contributed by atoms with E-state index in [4.69, 9.17) is 16.1 Å². The van der Waals surface area contributed by atoms with Gasteiger partial charge in [-0.3, -0.25) is 4.79 Å². The lowest BCUT2D eigenvalue weighted by molar-refractivity contribution is -0.135. The van der Waals surface area contributed by atoms with Crippen molar-refractivity contribution in [2.75, 3.05) is 17.2 Å². The number of carboxylic acid groups (broad SMARTS) is 1. The van der Waals surface area contributed by atoms with Crippen LogP contribution >= 0.6 is 0 Å². The molecule has 0 fully saturated rings. The lowest BCUT2D eigenvalue weighted by Gasteiger charge is -2.24. The van der Waals surface area contributed by atoms with E-state index in [0.29, 0.717) is 23.5 Å². The molecular weight excluding hydrogens is 266 g/mol. The molecule has 0 bridgehead atoms. The number of hydrogen-bond acceptors (Lipinski definition) is 4. The normalized spacial score (nSPS) is 9.86. The molecule has 0 saturated carbocycles. The predicted molar refractivity (Wildman–Crippen MR) is 80.7 cm³/mol. The number of carboxylic acids is 1. The quantitative estimate of drug-likeness (QED) is 0.820. The number of nitriles is 1. The van der Waals surface area contributed by atoms with Crippen LogP contribution in [0.4, 0.5) is 11.4 Å². The van der Waals surface area contributed by atoms with Crippen LogP contribution in [0.5, 0.6) is 0 Å². The molecule has 2 aromatic carbocycles. The summed E-state index contributed by atoms with van der Waals surface area (Å²) in [7, 11) is 0. The maximum atomic E-state index is 11.1. The summed E-state index contributed by atoms with van der Waals surface area (Å²) < 4.78 is 0. The standard InChI is InChI=1S/C16H15N3O2/c17-9-12-5-7-13(8-6-12)10-19(11-16(20)21)15-4-2-1-3-14(15)18/h1-8H,10-11,18H2,(H,20,21). The van der Waals surface area contributed by atoms with Crippen molar-refractivity contribution in [2.45, 2.75) is 6.54 Å². The fourth-order valence-electron chi connectivity index (χ4n) is 2.07. The van der Waals surface area contributed by atoms with Crippen LogP contribution < -0.4 is 10.6 Å². The van der Waals surface area contributed by atoms with Crippen molar-refractivity contribution in [3.8, 4) is 6.07 Å². The van der Waals surface area contributed by atoms with E-state index in [-0.39, 0.29) is 6.54 Å². The Morgan fingerprint density at radius 3 is 2.43 bits per heavy atom. The van der Waals surface area contributed by atoms with Gasteiger partial charge in [-0.25, -0.2) is 0 Å². The van der Waals surface area contributed by atoms with Crippen LogP contribution in [0.25, 0.3) is 0 Å². The average Bonchev–Trinajstić information content (AvgIpc) is 2.47. The Bertz CT molecular complexity index is 675. The van der Waals surface area contributed by atoms with Crippen molar-refractivity contribution in [1.29, 1.82) is 5.26 Å². The Hall–Kier alpha value is -3.00. The number of para-hydroxylation sites is 2. The number of rotatable bonds is 5. The fraction of sp³-hybridized carbons (Fsp3) is 0.125. The molecule has 0 saturated heterocycles. The Morgan fingerprint density at radius 2 is 1.86 bits per heavy atom. The van der Waals surface area contributed by atoms with E-state index < -0.39 is 5.97 Å². The number of nitrogens with two attached hydrogens (primary N) is 1. The number of nitrogen functional groups attached to an aromatic ring is 1. The van der Waals surface area contributed by atoms with E-state index in [0.717, 1.165) is 5.56 Å². The van der Waals surface area contributed by atoms with E-state index in [2.05, 4.69) is 6.07 Å². The zero-order valence-electron chi connectivity index (χ0n) is 11.4. The maximum Gasteiger partial charge on any atom is 0.323 e. The molecule has 0 heterocycles. The van der Waals surface area contributed by atoms with Gasteiger partial charge >= 0.3 is 5.97 Å². The van der Waals surface area contributed by atoms with Crippen LogP contribution in [0, 0.1) is 11.3 Å². The van der Waals surface area contributed by atoms with Crippen LogP contribution in [-0.2, 0) is 11.3 Å². The Kier molecular flexibility index (Phi) is 4.42. The van der Waals surface area contributed by atoms with Gasteiger partial charge in [-0.1, -0.05) is 24.3 Å². The van der Waals surface area contributed by atoms with Gasteiger partial charge in [-0.05, 0) is 29.8 Å². The predicted octanol–water partition coefficient (Wildman–Crippen LogP) is 2.23. The first-order valence-corrected chi connectivity index (χ1v) is 6.40. The number of benzene rings is 2. The average molecular weight is 281 g/mol. The fourth-order valence-corrected chi connectivity index (χ4v) is 2.07. The minimum Gasteiger partial charge on any atom is -0.480 e. The summed E-state index contributed by atoms with van der Waals surface area (Å²) in [6.07, 6.45) is 0. The van der Waals surface area contributed by atoms with Gasteiger partial charge in [0, 0.05) is 6.54 Å². The second-order valence-corrected chi connectivity index (χ2v) is 4.62. The van der Waals surface area contributed by atoms with E-state index in [9.17, 15) is 4.79 Å². The molecule has 0 radical (unpaired) electrons. The number of carbonyl (C=O) groups is 1. The molecule has 21 heavy (non-hydrogen) atoms. The molecule has 0 aliphatic heterocycles. The summed E-state index contributed by atoms with van der Waals surface area (Å²) in [5, 5.41) is 17.9. The van der Waals surface area contributed by atoms with Gasteiger partial charge in [0.2, 0.25) is 0 Å². The van der Waals surface area contributed by atoms with E-state index in [1.54, 1.807) is 35.2 Å². The van der Waals surface area contributed by atoms with Crippen molar-refractivity contribution in [3.05, 3.63) is 59.7 Å². The first-order valence-electron chi connectivity index (χ1n) is 6.40. The third kappa shape index (κ3) is 3.74. The van der Waals surface area contributed by atoms with Gasteiger partial charge in [-0.15, -0.1) is 0 Å². The first-order chi connectivity index (χ1) is 10.1. The van der Waals surface area contributed by atoms with Crippen molar-refractivity contribution in [3.63, 3.8) is 0 Å². The maximum absolute atomic E-state index is 11.1. The van der Waals surface area contributed by atoms with E-state index in [1.807, 2.05) is 18.2 Å². The van der Waals surface area contributed by atoms with Gasteiger partial charge < -0.3 is 15.7 Å². The smallest absolute Gasteiger partial charge is 0.323 e. The highest BCUT2D eigenvalue weighted by Gasteiger charge is 2.13. The third-order valence-electron chi connectivity index (χ3n) is 3.06. The monoisotopic (exact) mass is 281 g/mol. The molecular formula is C16H15N3O2. The molecule has 0 aromatic heterocycles. The van der Waals surface area contributed by atoms with E-state index >= 15 is 0 Å². The number of hydrogen-bond donors (Lipinski definition) is 2. The second-order valence-electron chi connectivity index (χ2n) is 4.62. The van der Waals surface area contributed by atoms with Gasteiger partial charge in [0.1, 0.15) is 6.54 Å². The highest BCUT2D eigenvalue weighted by molar-refractivity contribution is 5.77. The zero-order chi connectivity index (χ0) is 15.2. The van der Waals surface area contributed by atoms with Gasteiger partial charge in [0.15, 0.2) is 0 Å². The minimum atomic E-state index is -0.924. The van der Waals surface area contributed by atoms with Crippen LogP contribution in [-0.4, -0.2) is 17.6 Å². The molecule has 5 nitrogen and oxygen atoms in total. The SMILES string of the molecule is N#Cc1ccc(CN(CC(=O)O)c2ccccc2N)cc1. The molecule has 5 heteroatoms. The molecule has 0 atom stereocenters. The van der Waals surface area contributed by atoms with E-state index in [1.165, 1.54) is 0 Å². The lowest BCUT2D eigenvalue weighted by Crippen LogP contribution is -2.29. The highest BCUT2D eigenvalue weighted by atomic mass is 16.4. The van der Waals surface area contributed by atoms with Crippen LogP contribution in [0.1, 0.15) is 11.1 Å². The lowest BCUT2D eigenvalue weighted by atomic mass is 10.1. The largest absolute Gasteiger partial charge is 0.480 e. The van der Waals surface area contributed by atoms with Crippen molar-refractivity contribution < 1.29 is 9.90 Å². The Balaban J connectivity index is 2.26. The molecule has 0 spiro atoms. The molecule has 106 valence electrons. The molecule has 0 aliphatic rings. The molecule has 3 N–H and O–H groups in total. The van der Waals surface area contributed by atoms with Crippen LogP contribution in [0.2, 0.25) is 0 Å². The zero-order valence-corrected chi connectivity index (χ0v) is 11.4. The second kappa shape index (κ2) is 6.44. The summed E-state index contributed by atoms with van der Waals surface area (Å²) in [4.78, 5) is 12.8. The molecule has 0 unspecified atom stereocenters. The summed E-state index contributed by atoms with van der Waals surface area (Å²) >= 11 is 0. The van der Waals surface area contributed by atoms with Gasteiger partial charge in [0.25, 0.3) is 0 Å². The van der Waals surface area contributed by atoms with Crippen LogP contribution in [0.15, 0.2) is 48.5 Å². The van der Waals surface area contributed by atoms with Crippen molar-refractivity contribution in [2.24, 2.45) is 0 Å². The Morgan fingerprint density at radius 1 is 1.19 bits per heavy atom. The summed E-state index contributed by atoms with van der Waals surface area (Å²) in [5.74, 6) is -0.924. The number of nitrogens with zero attached hydrogens (tertiary/aromatic N) is 2. The number of anilines is 2. The van der Waals surface area contributed by atoms with Crippen molar-refractivity contribution >= 4 is 17.3 Å². The summed E-state index contributed by atoms with van der Waals surface area (Å²) in [6, 6.07) is 16.3. The van der Waals surface area contributed by atoms with Gasteiger partial charge in [-0.2, -0.15) is 5.26 Å². The topological polar surface area (TPSA) is 90.3 Å². The third-order valence-corrected chi connectivity index (χ3v) is 3.06. The minimum absolute atomic E-state index is 0.145. The Labute approximate surface area is 122 Å². The van der Waals surface area contributed by atoms with Gasteiger partial charge in [0.05, 0.1) is 23.0 Å². The molecule has 0 amide bonds. The van der Waals surface area contributed by atoms with Crippen molar-refractivity contribution in [1.82, 2.24) is 0 Å². The molecule has 2 aromatic rings. The molecule has 2 rings (SSSR count). The first kappa shape index (κ1) is 14.4. The molecule has 0 aliphatic carbocycles. The number of aliphatic carboxylic acids is 1. The summed E-state index contributed by atoms with van der Waals surface area (Å²) in [6.45, 7) is 0.264. The van der Waals surface area contributed by atoms with Crippen LogP contribution in [0.3, 0.4) is 0 Å². The highest BCUT2D eigenvalue weighted by Crippen LogP contribution is 2.24. The summed E-state index contributed by atoms with van der Waals surface area (Å²) in [5.41, 5.74) is 8.63.